The summed E-state index contributed by atoms with van der Waals surface area (Å²) in [6.45, 7) is 2.08. The van der Waals surface area contributed by atoms with Gasteiger partial charge < -0.3 is 5.73 Å². The standard InChI is InChI=1S/C11H15ClFN/c1-2-4-9(14)7-8-5-3-6-10(13)11(8)12/h3,5-6,9H,2,4,7,14H2,1H3. The fraction of sp³-hybridized carbons (Fsp3) is 0.455. The topological polar surface area (TPSA) is 26.0 Å². The van der Waals surface area contributed by atoms with Crippen LogP contribution in [0.1, 0.15) is 25.3 Å². The molecular weight excluding hydrogens is 201 g/mol. The zero-order valence-corrected chi connectivity index (χ0v) is 9.02. The van der Waals surface area contributed by atoms with Crippen molar-refractivity contribution in [3.63, 3.8) is 0 Å². The molecule has 0 radical (unpaired) electrons. The second kappa shape index (κ2) is 5.32. The summed E-state index contributed by atoms with van der Waals surface area (Å²) in [5, 5.41) is 0.207. The van der Waals surface area contributed by atoms with E-state index in [1.54, 1.807) is 6.07 Å². The van der Waals surface area contributed by atoms with Gasteiger partial charge in [-0.05, 0) is 24.5 Å². The van der Waals surface area contributed by atoms with E-state index < -0.39 is 0 Å². The van der Waals surface area contributed by atoms with Gasteiger partial charge in [-0.1, -0.05) is 37.1 Å². The highest BCUT2D eigenvalue weighted by molar-refractivity contribution is 6.31. The summed E-state index contributed by atoms with van der Waals surface area (Å²) in [5.74, 6) is -0.368. The summed E-state index contributed by atoms with van der Waals surface area (Å²) in [7, 11) is 0. The van der Waals surface area contributed by atoms with E-state index in [2.05, 4.69) is 6.92 Å². The highest BCUT2D eigenvalue weighted by Crippen LogP contribution is 2.21. The summed E-state index contributed by atoms with van der Waals surface area (Å²) in [5.41, 5.74) is 6.65. The fourth-order valence-corrected chi connectivity index (χ4v) is 1.66. The lowest BCUT2D eigenvalue weighted by molar-refractivity contribution is 0.592. The largest absolute Gasteiger partial charge is 0.327 e. The van der Waals surface area contributed by atoms with Gasteiger partial charge in [0.2, 0.25) is 0 Å². The van der Waals surface area contributed by atoms with Crippen molar-refractivity contribution in [2.24, 2.45) is 5.73 Å². The van der Waals surface area contributed by atoms with Crippen molar-refractivity contribution in [1.29, 1.82) is 0 Å². The zero-order valence-electron chi connectivity index (χ0n) is 8.26. The van der Waals surface area contributed by atoms with E-state index in [4.69, 9.17) is 17.3 Å². The monoisotopic (exact) mass is 215 g/mol. The van der Waals surface area contributed by atoms with E-state index in [9.17, 15) is 4.39 Å². The van der Waals surface area contributed by atoms with Crippen LogP contribution in [0.15, 0.2) is 18.2 Å². The molecule has 3 heteroatoms. The highest BCUT2D eigenvalue weighted by Gasteiger charge is 2.09. The van der Waals surface area contributed by atoms with Gasteiger partial charge in [0.1, 0.15) is 5.82 Å². The van der Waals surface area contributed by atoms with Gasteiger partial charge in [-0.15, -0.1) is 0 Å². The number of benzene rings is 1. The predicted molar refractivity (Wildman–Crippen MR) is 58.0 cm³/mol. The summed E-state index contributed by atoms with van der Waals surface area (Å²) < 4.78 is 13.0. The molecule has 1 unspecified atom stereocenters. The van der Waals surface area contributed by atoms with Crippen LogP contribution in [0.25, 0.3) is 0 Å². The molecule has 0 aliphatic rings. The van der Waals surface area contributed by atoms with Crippen molar-refractivity contribution < 1.29 is 4.39 Å². The molecule has 1 nitrogen and oxygen atoms in total. The Balaban J connectivity index is 2.71. The Morgan fingerprint density at radius 1 is 1.50 bits per heavy atom. The molecule has 0 bridgehead atoms. The van der Waals surface area contributed by atoms with Gasteiger partial charge in [0.05, 0.1) is 5.02 Å². The highest BCUT2D eigenvalue weighted by atomic mass is 35.5. The van der Waals surface area contributed by atoms with Gasteiger partial charge in [-0.3, -0.25) is 0 Å². The second-order valence-electron chi connectivity index (χ2n) is 3.47. The van der Waals surface area contributed by atoms with Crippen molar-refractivity contribution in [2.45, 2.75) is 32.2 Å². The minimum absolute atomic E-state index is 0.0688. The van der Waals surface area contributed by atoms with Crippen LogP contribution in [-0.2, 0) is 6.42 Å². The maximum Gasteiger partial charge on any atom is 0.142 e. The molecule has 1 atom stereocenters. The van der Waals surface area contributed by atoms with E-state index in [1.165, 1.54) is 6.07 Å². The Bertz CT molecular complexity index is 301. The van der Waals surface area contributed by atoms with E-state index in [-0.39, 0.29) is 16.9 Å². The van der Waals surface area contributed by atoms with Crippen LogP contribution in [0, 0.1) is 5.82 Å². The van der Waals surface area contributed by atoms with Gasteiger partial charge in [-0.2, -0.15) is 0 Å². The van der Waals surface area contributed by atoms with E-state index in [1.807, 2.05) is 6.07 Å². The van der Waals surface area contributed by atoms with Crippen LogP contribution in [0.2, 0.25) is 5.02 Å². The average molecular weight is 216 g/mol. The molecule has 0 fully saturated rings. The molecule has 1 aromatic rings. The maximum atomic E-state index is 13.0. The molecule has 0 saturated heterocycles. The van der Waals surface area contributed by atoms with E-state index in [0.29, 0.717) is 6.42 Å². The van der Waals surface area contributed by atoms with Crippen molar-refractivity contribution in [3.05, 3.63) is 34.6 Å². The Labute approximate surface area is 89.1 Å². The number of hydrogen-bond donors (Lipinski definition) is 1. The quantitative estimate of drug-likeness (QED) is 0.821. The van der Waals surface area contributed by atoms with Gasteiger partial charge >= 0.3 is 0 Å². The SMILES string of the molecule is CCCC(N)Cc1cccc(F)c1Cl. The third-order valence-corrected chi connectivity index (χ3v) is 2.60. The molecule has 0 aliphatic heterocycles. The van der Waals surface area contributed by atoms with Crippen molar-refractivity contribution in [2.75, 3.05) is 0 Å². The van der Waals surface area contributed by atoms with Crippen molar-refractivity contribution in [3.8, 4) is 0 Å². The van der Waals surface area contributed by atoms with Gasteiger partial charge in [-0.25, -0.2) is 4.39 Å². The smallest absolute Gasteiger partial charge is 0.142 e. The molecule has 78 valence electrons. The molecule has 0 aliphatic carbocycles. The van der Waals surface area contributed by atoms with Crippen LogP contribution in [0.3, 0.4) is 0 Å². The third kappa shape index (κ3) is 2.96. The van der Waals surface area contributed by atoms with Crippen LogP contribution in [-0.4, -0.2) is 6.04 Å². The first-order valence-corrected chi connectivity index (χ1v) is 5.21. The third-order valence-electron chi connectivity index (χ3n) is 2.17. The van der Waals surface area contributed by atoms with Crippen LogP contribution < -0.4 is 5.73 Å². The lowest BCUT2D eigenvalue weighted by Gasteiger charge is -2.11. The van der Waals surface area contributed by atoms with Crippen molar-refractivity contribution in [1.82, 2.24) is 0 Å². The fourth-order valence-electron chi connectivity index (χ4n) is 1.46. The summed E-state index contributed by atoms with van der Waals surface area (Å²) in [6, 6.07) is 4.91. The molecule has 14 heavy (non-hydrogen) atoms. The summed E-state index contributed by atoms with van der Waals surface area (Å²) in [6.07, 6.45) is 2.62. The first-order valence-electron chi connectivity index (χ1n) is 4.83. The van der Waals surface area contributed by atoms with Gasteiger partial charge in [0.25, 0.3) is 0 Å². The molecule has 0 spiro atoms. The molecule has 0 aromatic heterocycles. The first-order chi connectivity index (χ1) is 6.65. The average Bonchev–Trinajstić information content (AvgIpc) is 2.13. The van der Waals surface area contributed by atoms with Crippen LogP contribution in [0.5, 0.6) is 0 Å². The minimum atomic E-state index is -0.368. The maximum absolute atomic E-state index is 13.0. The Kier molecular flexibility index (Phi) is 4.36. The van der Waals surface area contributed by atoms with E-state index >= 15 is 0 Å². The molecular formula is C11H15ClFN. The molecule has 0 amide bonds. The summed E-state index contributed by atoms with van der Waals surface area (Å²) >= 11 is 5.81. The first kappa shape index (κ1) is 11.5. The minimum Gasteiger partial charge on any atom is -0.327 e. The Morgan fingerprint density at radius 3 is 2.86 bits per heavy atom. The summed E-state index contributed by atoms with van der Waals surface area (Å²) in [4.78, 5) is 0. The Morgan fingerprint density at radius 2 is 2.21 bits per heavy atom. The normalized spacial score (nSPS) is 12.9. The zero-order chi connectivity index (χ0) is 10.6. The van der Waals surface area contributed by atoms with Crippen molar-refractivity contribution >= 4 is 11.6 Å². The molecule has 1 aromatic carbocycles. The molecule has 0 heterocycles. The lowest BCUT2D eigenvalue weighted by Crippen LogP contribution is -2.22. The lowest BCUT2D eigenvalue weighted by atomic mass is 10.0. The van der Waals surface area contributed by atoms with Crippen LogP contribution >= 0.6 is 11.6 Å². The van der Waals surface area contributed by atoms with Gasteiger partial charge in [0.15, 0.2) is 0 Å². The predicted octanol–water partition coefficient (Wildman–Crippen LogP) is 3.15. The number of hydrogen-bond acceptors (Lipinski definition) is 1. The van der Waals surface area contributed by atoms with Gasteiger partial charge in [0, 0.05) is 6.04 Å². The number of nitrogens with two attached hydrogens (primary N) is 1. The van der Waals surface area contributed by atoms with Crippen LogP contribution in [0.4, 0.5) is 4.39 Å². The molecule has 1 rings (SSSR count). The molecule has 2 N–H and O–H groups in total. The molecule has 0 saturated carbocycles. The number of rotatable bonds is 4. The van der Waals surface area contributed by atoms with E-state index in [0.717, 1.165) is 18.4 Å². The second-order valence-corrected chi connectivity index (χ2v) is 3.84. The Hall–Kier alpha value is -0.600. The number of halogens is 2.